The monoisotopic (exact) mass is 317 g/mol. The highest BCUT2D eigenvalue weighted by atomic mass is 35.5. The third-order valence-corrected chi connectivity index (χ3v) is 3.99. The van der Waals surface area contributed by atoms with Crippen LogP contribution in [0.4, 0.5) is 0 Å². The van der Waals surface area contributed by atoms with E-state index in [1.165, 1.54) is 0 Å². The molecule has 0 bridgehead atoms. The van der Waals surface area contributed by atoms with E-state index >= 15 is 0 Å². The van der Waals surface area contributed by atoms with Crippen molar-refractivity contribution < 1.29 is 0 Å². The molecule has 0 spiro atoms. The summed E-state index contributed by atoms with van der Waals surface area (Å²) in [6, 6.07) is 15.0. The summed E-state index contributed by atoms with van der Waals surface area (Å²) < 4.78 is 0. The van der Waals surface area contributed by atoms with E-state index < -0.39 is 0 Å². The Morgan fingerprint density at radius 1 is 1.00 bits per heavy atom. The zero-order valence-electron chi connectivity index (χ0n) is 11.1. The number of nitrogens with zero attached hydrogens (tertiary/aromatic N) is 1. The van der Waals surface area contributed by atoms with Crippen molar-refractivity contribution in [1.82, 2.24) is 10.4 Å². The van der Waals surface area contributed by atoms with Gasteiger partial charge in [-0.15, -0.1) is 0 Å². The molecule has 0 fully saturated rings. The van der Waals surface area contributed by atoms with E-state index in [9.17, 15) is 0 Å². The summed E-state index contributed by atoms with van der Waals surface area (Å²) in [6.07, 6.45) is 1.77. The molecule has 3 rings (SSSR count). The zero-order chi connectivity index (χ0) is 14.8. The van der Waals surface area contributed by atoms with Gasteiger partial charge in [0.05, 0.1) is 11.6 Å². The summed E-state index contributed by atoms with van der Waals surface area (Å²) >= 11 is 12.3. The van der Waals surface area contributed by atoms with Gasteiger partial charge in [0.15, 0.2) is 0 Å². The van der Waals surface area contributed by atoms with Crippen molar-refractivity contribution in [3.63, 3.8) is 0 Å². The molecule has 0 saturated heterocycles. The fourth-order valence-electron chi connectivity index (χ4n) is 2.46. The predicted molar refractivity (Wildman–Crippen MR) is 87.4 cm³/mol. The summed E-state index contributed by atoms with van der Waals surface area (Å²) in [5.74, 6) is 5.77. The molecule has 1 unspecified atom stereocenters. The van der Waals surface area contributed by atoms with Crippen LogP contribution in [0, 0.1) is 0 Å². The van der Waals surface area contributed by atoms with Gasteiger partial charge in [0.1, 0.15) is 0 Å². The Morgan fingerprint density at radius 2 is 1.86 bits per heavy atom. The molecule has 21 heavy (non-hydrogen) atoms. The third-order valence-electron chi connectivity index (χ3n) is 3.43. The SMILES string of the molecule is NNC(c1ccc(Cl)cc1Cl)c1cccc2ncccc12. The molecule has 5 heteroatoms. The normalized spacial score (nSPS) is 12.5. The van der Waals surface area contributed by atoms with E-state index in [-0.39, 0.29) is 6.04 Å². The van der Waals surface area contributed by atoms with E-state index in [1.54, 1.807) is 18.3 Å². The van der Waals surface area contributed by atoms with Gasteiger partial charge in [-0.3, -0.25) is 10.8 Å². The number of benzene rings is 2. The van der Waals surface area contributed by atoms with Crippen LogP contribution in [-0.2, 0) is 0 Å². The number of hydrogen-bond donors (Lipinski definition) is 2. The molecule has 0 radical (unpaired) electrons. The van der Waals surface area contributed by atoms with Crippen molar-refractivity contribution in [3.05, 3.63) is 75.9 Å². The lowest BCUT2D eigenvalue weighted by molar-refractivity contribution is 0.641. The average molecular weight is 318 g/mol. The highest BCUT2D eigenvalue weighted by molar-refractivity contribution is 6.35. The molecule has 3 aromatic rings. The molecule has 0 aliphatic heterocycles. The van der Waals surface area contributed by atoms with Crippen LogP contribution in [0.25, 0.3) is 10.9 Å². The summed E-state index contributed by atoms with van der Waals surface area (Å²) in [5, 5.41) is 2.21. The summed E-state index contributed by atoms with van der Waals surface area (Å²) in [5.41, 5.74) is 5.64. The maximum atomic E-state index is 6.31. The Hall–Kier alpha value is -1.65. The molecule has 0 amide bonds. The fraction of sp³-hybridized carbons (Fsp3) is 0.0625. The molecule has 0 aliphatic rings. The molecule has 0 saturated carbocycles. The van der Waals surface area contributed by atoms with Gasteiger partial charge in [-0.2, -0.15) is 0 Å². The second-order valence-electron chi connectivity index (χ2n) is 4.68. The van der Waals surface area contributed by atoms with Crippen LogP contribution in [0.2, 0.25) is 10.0 Å². The van der Waals surface area contributed by atoms with Crippen molar-refractivity contribution >= 4 is 34.1 Å². The van der Waals surface area contributed by atoms with Gasteiger partial charge >= 0.3 is 0 Å². The van der Waals surface area contributed by atoms with Crippen molar-refractivity contribution in [2.24, 2.45) is 5.84 Å². The molecule has 1 heterocycles. The minimum atomic E-state index is -0.234. The van der Waals surface area contributed by atoms with E-state index in [4.69, 9.17) is 29.0 Å². The summed E-state index contributed by atoms with van der Waals surface area (Å²) in [4.78, 5) is 4.37. The van der Waals surface area contributed by atoms with E-state index in [1.807, 2.05) is 36.4 Å². The highest BCUT2D eigenvalue weighted by Crippen LogP contribution is 2.32. The van der Waals surface area contributed by atoms with E-state index in [0.29, 0.717) is 10.0 Å². The van der Waals surface area contributed by atoms with Gasteiger partial charge in [0.25, 0.3) is 0 Å². The molecule has 0 aliphatic carbocycles. The lowest BCUT2D eigenvalue weighted by Crippen LogP contribution is -2.29. The van der Waals surface area contributed by atoms with Gasteiger partial charge in [0, 0.05) is 21.6 Å². The first kappa shape index (κ1) is 14.3. The number of nitrogens with two attached hydrogens (primary N) is 1. The first-order valence-corrected chi connectivity index (χ1v) is 7.21. The number of aromatic nitrogens is 1. The second-order valence-corrected chi connectivity index (χ2v) is 5.53. The second kappa shape index (κ2) is 6.00. The molecular weight excluding hydrogens is 305 g/mol. The Labute approximate surface area is 132 Å². The quantitative estimate of drug-likeness (QED) is 0.565. The van der Waals surface area contributed by atoms with Crippen molar-refractivity contribution in [2.75, 3.05) is 0 Å². The van der Waals surface area contributed by atoms with Crippen LogP contribution in [0.15, 0.2) is 54.7 Å². The van der Waals surface area contributed by atoms with Gasteiger partial charge in [-0.25, -0.2) is 5.43 Å². The average Bonchev–Trinajstić information content (AvgIpc) is 2.50. The standard InChI is InChI=1S/C16H13Cl2N3/c17-10-6-7-13(14(18)9-10)16(21-19)12-3-1-5-15-11(12)4-2-8-20-15/h1-9,16,21H,19H2. The van der Waals surface area contributed by atoms with Gasteiger partial charge in [-0.1, -0.05) is 47.5 Å². The zero-order valence-corrected chi connectivity index (χ0v) is 12.6. The van der Waals surface area contributed by atoms with Crippen LogP contribution >= 0.6 is 23.2 Å². The Balaban J connectivity index is 2.18. The maximum Gasteiger partial charge on any atom is 0.0731 e. The van der Waals surface area contributed by atoms with Crippen molar-refractivity contribution in [3.8, 4) is 0 Å². The maximum absolute atomic E-state index is 6.31. The molecular formula is C16H13Cl2N3. The van der Waals surface area contributed by atoms with Gasteiger partial charge in [0.2, 0.25) is 0 Å². The third kappa shape index (κ3) is 2.74. The Morgan fingerprint density at radius 3 is 2.62 bits per heavy atom. The van der Waals surface area contributed by atoms with Gasteiger partial charge < -0.3 is 0 Å². The van der Waals surface area contributed by atoms with Crippen LogP contribution in [0.1, 0.15) is 17.2 Å². The number of nitrogens with one attached hydrogen (secondary N) is 1. The predicted octanol–water partition coefficient (Wildman–Crippen LogP) is 4.09. The number of hydrazine groups is 1. The minimum absolute atomic E-state index is 0.234. The van der Waals surface area contributed by atoms with E-state index in [2.05, 4.69) is 10.4 Å². The fourth-order valence-corrected chi connectivity index (χ4v) is 2.98. The molecule has 1 atom stereocenters. The Kier molecular flexibility index (Phi) is 4.08. The lowest BCUT2D eigenvalue weighted by atomic mass is 9.95. The van der Waals surface area contributed by atoms with Crippen LogP contribution in [-0.4, -0.2) is 4.98 Å². The summed E-state index contributed by atoms with van der Waals surface area (Å²) in [7, 11) is 0. The lowest BCUT2D eigenvalue weighted by Gasteiger charge is -2.20. The number of halogens is 2. The van der Waals surface area contributed by atoms with Crippen LogP contribution in [0.3, 0.4) is 0 Å². The Bertz CT molecular complexity index is 784. The van der Waals surface area contributed by atoms with Crippen molar-refractivity contribution in [2.45, 2.75) is 6.04 Å². The first-order chi connectivity index (χ1) is 10.2. The van der Waals surface area contributed by atoms with Crippen LogP contribution < -0.4 is 11.3 Å². The molecule has 106 valence electrons. The number of fused-ring (bicyclic) bond motifs is 1. The number of hydrogen-bond acceptors (Lipinski definition) is 3. The van der Waals surface area contributed by atoms with Crippen molar-refractivity contribution in [1.29, 1.82) is 0 Å². The molecule has 3 nitrogen and oxygen atoms in total. The smallest absolute Gasteiger partial charge is 0.0731 e. The molecule has 2 aromatic carbocycles. The number of pyridine rings is 1. The largest absolute Gasteiger partial charge is 0.271 e. The first-order valence-electron chi connectivity index (χ1n) is 6.45. The number of rotatable bonds is 3. The van der Waals surface area contributed by atoms with Crippen LogP contribution in [0.5, 0.6) is 0 Å². The summed E-state index contributed by atoms with van der Waals surface area (Å²) in [6.45, 7) is 0. The minimum Gasteiger partial charge on any atom is -0.271 e. The molecule has 1 aromatic heterocycles. The molecule has 3 N–H and O–H groups in total. The topological polar surface area (TPSA) is 50.9 Å². The van der Waals surface area contributed by atoms with Gasteiger partial charge in [-0.05, 0) is 35.4 Å². The highest BCUT2D eigenvalue weighted by Gasteiger charge is 2.18. The van der Waals surface area contributed by atoms with E-state index in [0.717, 1.165) is 22.0 Å².